The Bertz CT molecular complexity index is 1070. The number of thiophene rings is 1. The predicted molar refractivity (Wildman–Crippen MR) is 114 cm³/mol. The van der Waals surface area contributed by atoms with Crippen molar-refractivity contribution in [1.29, 1.82) is 0 Å². The molecule has 1 aliphatic rings. The van der Waals surface area contributed by atoms with Gasteiger partial charge in [-0.05, 0) is 41.8 Å². The van der Waals surface area contributed by atoms with Crippen molar-refractivity contribution in [3.63, 3.8) is 0 Å². The third-order valence-electron chi connectivity index (χ3n) is 4.75. The summed E-state index contributed by atoms with van der Waals surface area (Å²) in [6.07, 6.45) is -0.351. The summed E-state index contributed by atoms with van der Waals surface area (Å²) in [5, 5.41) is 13.7. The number of anilines is 1. The summed E-state index contributed by atoms with van der Waals surface area (Å²) < 4.78 is 0.755. The van der Waals surface area contributed by atoms with Gasteiger partial charge >= 0.3 is 0 Å². The number of hydrogen-bond acceptors (Lipinski definition) is 4. The van der Waals surface area contributed by atoms with E-state index in [4.69, 9.17) is 11.6 Å². The van der Waals surface area contributed by atoms with Crippen molar-refractivity contribution in [3.8, 4) is 0 Å². The Kier molecular flexibility index (Phi) is 5.14. The molecule has 28 heavy (non-hydrogen) atoms. The standard InChI is InChI=1S/C21H15BrClNO3S/c22-14-4-1-3-13(9-14)19(25)11-21(27)17-10-15(23)6-7-18(17)24(20(21)26)12-16-5-2-8-28-16/h1-10,27H,11-12H2. The maximum absolute atomic E-state index is 13.2. The molecule has 1 atom stereocenters. The number of fused-ring (bicyclic) bond motifs is 1. The first-order chi connectivity index (χ1) is 13.4. The van der Waals surface area contributed by atoms with Crippen molar-refractivity contribution >= 4 is 56.2 Å². The highest BCUT2D eigenvalue weighted by Gasteiger charge is 2.51. The van der Waals surface area contributed by atoms with E-state index < -0.39 is 11.5 Å². The van der Waals surface area contributed by atoms with E-state index >= 15 is 0 Å². The maximum Gasteiger partial charge on any atom is 0.264 e. The fourth-order valence-electron chi connectivity index (χ4n) is 3.41. The number of amides is 1. The normalized spacial score (nSPS) is 18.4. The molecule has 3 aromatic rings. The van der Waals surface area contributed by atoms with Crippen LogP contribution in [0.1, 0.15) is 27.2 Å². The fraction of sp³-hybridized carbons (Fsp3) is 0.143. The molecule has 0 fully saturated rings. The number of benzene rings is 2. The van der Waals surface area contributed by atoms with E-state index in [-0.39, 0.29) is 12.2 Å². The minimum Gasteiger partial charge on any atom is -0.375 e. The average molecular weight is 477 g/mol. The summed E-state index contributed by atoms with van der Waals surface area (Å²) in [6.45, 7) is 0.332. The summed E-state index contributed by atoms with van der Waals surface area (Å²) in [4.78, 5) is 28.6. The Morgan fingerprint density at radius 2 is 2.00 bits per heavy atom. The van der Waals surface area contributed by atoms with Gasteiger partial charge < -0.3 is 10.0 Å². The number of carbonyl (C=O) groups is 2. The second-order valence-corrected chi connectivity index (χ2v) is 8.99. The summed E-state index contributed by atoms with van der Waals surface area (Å²) in [5.74, 6) is -0.831. The molecule has 0 saturated carbocycles. The SMILES string of the molecule is O=C(CC1(O)C(=O)N(Cc2cccs2)c2ccc(Cl)cc21)c1cccc(Br)c1. The van der Waals surface area contributed by atoms with Gasteiger partial charge in [0.15, 0.2) is 11.4 Å². The number of nitrogens with zero attached hydrogens (tertiary/aromatic N) is 1. The number of aliphatic hydroxyl groups is 1. The number of hydrogen-bond donors (Lipinski definition) is 1. The Morgan fingerprint density at radius 3 is 2.71 bits per heavy atom. The molecule has 1 unspecified atom stereocenters. The monoisotopic (exact) mass is 475 g/mol. The highest BCUT2D eigenvalue weighted by molar-refractivity contribution is 9.10. The molecule has 2 aromatic carbocycles. The van der Waals surface area contributed by atoms with E-state index in [2.05, 4.69) is 15.9 Å². The largest absolute Gasteiger partial charge is 0.375 e. The van der Waals surface area contributed by atoms with E-state index in [1.807, 2.05) is 23.6 Å². The van der Waals surface area contributed by atoms with Crippen molar-refractivity contribution in [3.05, 3.63) is 85.5 Å². The van der Waals surface area contributed by atoms with E-state index in [0.29, 0.717) is 28.4 Å². The van der Waals surface area contributed by atoms with Crippen LogP contribution in [0.3, 0.4) is 0 Å². The summed E-state index contributed by atoms with van der Waals surface area (Å²) in [7, 11) is 0. The quantitative estimate of drug-likeness (QED) is 0.517. The van der Waals surface area contributed by atoms with Crippen LogP contribution in [0.25, 0.3) is 0 Å². The average Bonchev–Trinajstić information content (AvgIpc) is 3.24. The van der Waals surface area contributed by atoms with Gasteiger partial charge in [-0.15, -0.1) is 11.3 Å². The summed E-state index contributed by atoms with van der Waals surface area (Å²) in [5.41, 5.74) is -0.579. The zero-order chi connectivity index (χ0) is 19.9. The van der Waals surface area contributed by atoms with Gasteiger partial charge in [0.1, 0.15) is 0 Å². The molecule has 4 nitrogen and oxygen atoms in total. The van der Waals surface area contributed by atoms with Crippen LogP contribution in [0.15, 0.2) is 64.5 Å². The fourth-order valence-corrected chi connectivity index (χ4v) is 4.67. The van der Waals surface area contributed by atoms with Crippen molar-refractivity contribution < 1.29 is 14.7 Å². The molecule has 1 aliphatic heterocycles. The Morgan fingerprint density at radius 1 is 1.18 bits per heavy atom. The van der Waals surface area contributed by atoms with Crippen molar-refractivity contribution in [2.45, 2.75) is 18.6 Å². The number of halogens is 2. The first kappa shape index (κ1) is 19.3. The highest BCUT2D eigenvalue weighted by atomic mass is 79.9. The van der Waals surface area contributed by atoms with Gasteiger partial charge in [-0.25, -0.2) is 0 Å². The second kappa shape index (κ2) is 7.44. The van der Waals surface area contributed by atoms with Crippen LogP contribution in [0.2, 0.25) is 5.02 Å². The summed E-state index contributed by atoms with van der Waals surface area (Å²) in [6, 6.07) is 15.7. The van der Waals surface area contributed by atoms with Crippen LogP contribution in [0, 0.1) is 0 Å². The van der Waals surface area contributed by atoms with Gasteiger partial charge in [0, 0.05) is 25.5 Å². The molecule has 1 amide bonds. The van der Waals surface area contributed by atoms with Gasteiger partial charge in [0.05, 0.1) is 18.7 Å². The molecular weight excluding hydrogens is 462 g/mol. The number of Topliss-reactive ketones (excluding diaryl/α,β-unsaturated/α-hetero) is 1. The minimum absolute atomic E-state index is 0.318. The molecule has 0 saturated heterocycles. The van der Waals surface area contributed by atoms with Crippen LogP contribution < -0.4 is 4.90 Å². The molecule has 142 valence electrons. The van der Waals surface area contributed by atoms with E-state index in [0.717, 1.165) is 9.35 Å². The highest BCUT2D eigenvalue weighted by Crippen LogP contribution is 2.45. The molecule has 7 heteroatoms. The number of rotatable bonds is 5. The second-order valence-electron chi connectivity index (χ2n) is 6.60. The van der Waals surface area contributed by atoms with Gasteiger partial charge in [-0.3, -0.25) is 9.59 Å². The van der Waals surface area contributed by atoms with Crippen LogP contribution in [-0.4, -0.2) is 16.8 Å². The Hall–Kier alpha value is -1.99. The smallest absolute Gasteiger partial charge is 0.264 e. The topological polar surface area (TPSA) is 57.6 Å². The molecule has 0 radical (unpaired) electrons. The van der Waals surface area contributed by atoms with Gasteiger partial charge in [-0.2, -0.15) is 0 Å². The van der Waals surface area contributed by atoms with E-state index in [1.54, 1.807) is 36.4 Å². The summed E-state index contributed by atoms with van der Waals surface area (Å²) >= 11 is 11.0. The zero-order valence-electron chi connectivity index (χ0n) is 14.6. The lowest BCUT2D eigenvalue weighted by atomic mass is 9.88. The van der Waals surface area contributed by atoms with Crippen LogP contribution in [0.4, 0.5) is 5.69 Å². The molecular formula is C21H15BrClNO3S. The lowest BCUT2D eigenvalue weighted by molar-refractivity contribution is -0.136. The third-order valence-corrected chi connectivity index (χ3v) is 6.34. The van der Waals surface area contributed by atoms with E-state index in [9.17, 15) is 14.7 Å². The molecule has 2 heterocycles. The molecule has 4 rings (SSSR count). The van der Waals surface area contributed by atoms with Crippen LogP contribution in [0.5, 0.6) is 0 Å². The minimum atomic E-state index is -1.95. The van der Waals surface area contributed by atoms with Crippen LogP contribution >= 0.6 is 38.9 Å². The lowest BCUT2D eigenvalue weighted by Gasteiger charge is -2.22. The molecule has 0 spiro atoms. The van der Waals surface area contributed by atoms with Gasteiger partial charge in [0.2, 0.25) is 0 Å². The van der Waals surface area contributed by atoms with E-state index in [1.165, 1.54) is 16.2 Å². The Labute approximate surface area is 179 Å². The third kappa shape index (κ3) is 3.42. The molecule has 0 aliphatic carbocycles. The van der Waals surface area contributed by atoms with Crippen molar-refractivity contribution in [1.82, 2.24) is 0 Å². The van der Waals surface area contributed by atoms with Crippen molar-refractivity contribution in [2.24, 2.45) is 0 Å². The van der Waals surface area contributed by atoms with Crippen molar-refractivity contribution in [2.75, 3.05) is 4.90 Å². The van der Waals surface area contributed by atoms with Gasteiger partial charge in [-0.1, -0.05) is 45.7 Å². The zero-order valence-corrected chi connectivity index (χ0v) is 17.7. The number of ketones is 1. The molecule has 1 N–H and O–H groups in total. The predicted octanol–water partition coefficient (Wildman–Crippen LogP) is 5.17. The maximum atomic E-state index is 13.2. The molecule has 1 aromatic heterocycles. The lowest BCUT2D eigenvalue weighted by Crippen LogP contribution is -2.41. The molecule has 0 bridgehead atoms. The Balaban J connectivity index is 1.72. The van der Waals surface area contributed by atoms with Crippen LogP contribution in [-0.2, 0) is 16.9 Å². The first-order valence-corrected chi connectivity index (χ1v) is 10.6. The first-order valence-electron chi connectivity index (χ1n) is 8.54. The van der Waals surface area contributed by atoms with Gasteiger partial charge in [0.25, 0.3) is 5.91 Å². The number of carbonyl (C=O) groups excluding carboxylic acids is 2.